The highest BCUT2D eigenvalue weighted by molar-refractivity contribution is 7.80. The number of thiocarbonyl (C=S) groups is 1. The number of hydrogen-bond donors (Lipinski definition) is 2. The van der Waals surface area contributed by atoms with Crippen LogP contribution in [0.2, 0.25) is 0 Å². The highest BCUT2D eigenvalue weighted by atomic mass is 32.1. The van der Waals surface area contributed by atoms with Crippen molar-refractivity contribution in [3.63, 3.8) is 0 Å². The molecule has 132 valence electrons. The first-order valence-corrected chi connectivity index (χ1v) is 8.24. The summed E-state index contributed by atoms with van der Waals surface area (Å²) in [6, 6.07) is 22.4. The molecule has 0 unspecified atom stereocenters. The number of nitrogens with one attached hydrogen (secondary N) is 2. The summed E-state index contributed by atoms with van der Waals surface area (Å²) in [5.74, 6) is 0. The van der Waals surface area contributed by atoms with Crippen molar-refractivity contribution in [3.05, 3.63) is 84.4 Å². The van der Waals surface area contributed by atoms with Crippen molar-refractivity contribution in [3.8, 4) is 11.1 Å². The molecular weight excluding hydrogens is 357 g/mol. The topological polar surface area (TPSA) is 24.1 Å². The number of halogens is 3. The second kappa shape index (κ2) is 7.58. The fourth-order valence-electron chi connectivity index (χ4n) is 2.58. The highest BCUT2D eigenvalue weighted by Crippen LogP contribution is 2.35. The standard InChI is InChI=1S/C20H15F3N2S/c21-20(22,23)16-11-5-7-13-18(16)25-19(26)24-17-12-6-4-10-15(17)14-8-2-1-3-9-14/h1-13H,(H2,24,25,26). The van der Waals surface area contributed by atoms with E-state index < -0.39 is 11.7 Å². The zero-order valence-corrected chi connectivity index (χ0v) is 14.4. The van der Waals surface area contributed by atoms with E-state index in [-0.39, 0.29) is 10.8 Å². The van der Waals surface area contributed by atoms with Crippen LogP contribution in [0.1, 0.15) is 5.56 Å². The molecule has 0 amide bonds. The average molecular weight is 372 g/mol. The molecular formula is C20H15F3N2S. The van der Waals surface area contributed by atoms with Crippen molar-refractivity contribution in [2.75, 3.05) is 10.6 Å². The van der Waals surface area contributed by atoms with Gasteiger partial charge < -0.3 is 10.6 Å². The number of para-hydroxylation sites is 2. The van der Waals surface area contributed by atoms with Crippen molar-refractivity contribution in [1.82, 2.24) is 0 Å². The largest absolute Gasteiger partial charge is 0.418 e. The maximum atomic E-state index is 13.1. The third-order valence-corrected chi connectivity index (χ3v) is 3.94. The van der Waals surface area contributed by atoms with Gasteiger partial charge in [0.1, 0.15) is 0 Å². The Morgan fingerprint density at radius 1 is 0.692 bits per heavy atom. The lowest BCUT2D eigenvalue weighted by Gasteiger charge is -2.17. The Morgan fingerprint density at radius 2 is 1.23 bits per heavy atom. The van der Waals surface area contributed by atoms with Gasteiger partial charge >= 0.3 is 6.18 Å². The summed E-state index contributed by atoms with van der Waals surface area (Å²) in [4.78, 5) is 0. The van der Waals surface area contributed by atoms with Gasteiger partial charge in [0.2, 0.25) is 0 Å². The number of hydrogen-bond acceptors (Lipinski definition) is 1. The van der Waals surface area contributed by atoms with E-state index in [4.69, 9.17) is 12.2 Å². The van der Waals surface area contributed by atoms with Crippen molar-refractivity contribution < 1.29 is 13.2 Å². The van der Waals surface area contributed by atoms with Gasteiger partial charge in [0.25, 0.3) is 0 Å². The van der Waals surface area contributed by atoms with Gasteiger partial charge in [-0.2, -0.15) is 13.2 Å². The highest BCUT2D eigenvalue weighted by Gasteiger charge is 2.33. The summed E-state index contributed by atoms with van der Waals surface area (Å²) in [7, 11) is 0. The van der Waals surface area contributed by atoms with Gasteiger partial charge in [-0.3, -0.25) is 0 Å². The molecule has 26 heavy (non-hydrogen) atoms. The molecule has 0 aliphatic rings. The lowest BCUT2D eigenvalue weighted by Crippen LogP contribution is -2.21. The maximum absolute atomic E-state index is 13.1. The molecule has 0 radical (unpaired) electrons. The molecule has 3 rings (SSSR count). The van der Waals surface area contributed by atoms with E-state index in [1.807, 2.05) is 54.6 Å². The first-order valence-electron chi connectivity index (χ1n) is 7.84. The molecule has 0 saturated heterocycles. The number of benzene rings is 3. The molecule has 0 fully saturated rings. The number of anilines is 2. The zero-order chi connectivity index (χ0) is 18.6. The van der Waals surface area contributed by atoms with Crippen LogP contribution >= 0.6 is 12.2 Å². The molecule has 2 N–H and O–H groups in total. The molecule has 0 aliphatic heterocycles. The van der Waals surface area contributed by atoms with Gasteiger partial charge in [-0.05, 0) is 36.0 Å². The zero-order valence-electron chi connectivity index (χ0n) is 13.5. The second-order valence-electron chi connectivity index (χ2n) is 5.53. The quantitative estimate of drug-likeness (QED) is 0.537. The minimum Gasteiger partial charge on any atom is -0.332 e. The molecule has 0 atom stereocenters. The minimum absolute atomic E-state index is 0.0880. The summed E-state index contributed by atoms with van der Waals surface area (Å²) in [5, 5.41) is 5.72. The average Bonchev–Trinajstić information content (AvgIpc) is 2.62. The smallest absolute Gasteiger partial charge is 0.332 e. The Balaban J connectivity index is 1.83. The lowest BCUT2D eigenvalue weighted by molar-refractivity contribution is -0.136. The lowest BCUT2D eigenvalue weighted by atomic mass is 10.0. The molecule has 0 spiro atoms. The molecule has 3 aromatic rings. The normalized spacial score (nSPS) is 11.0. The van der Waals surface area contributed by atoms with Gasteiger partial charge in [-0.1, -0.05) is 60.7 Å². The molecule has 3 aromatic carbocycles. The molecule has 0 aromatic heterocycles. The molecule has 0 heterocycles. The molecule has 2 nitrogen and oxygen atoms in total. The maximum Gasteiger partial charge on any atom is 0.418 e. The number of alkyl halides is 3. The monoisotopic (exact) mass is 372 g/mol. The van der Waals surface area contributed by atoms with Crippen LogP contribution in [-0.2, 0) is 6.18 Å². The van der Waals surface area contributed by atoms with Crippen LogP contribution in [0.4, 0.5) is 24.5 Å². The van der Waals surface area contributed by atoms with E-state index in [2.05, 4.69) is 10.6 Å². The minimum atomic E-state index is -4.46. The summed E-state index contributed by atoms with van der Waals surface area (Å²) >= 11 is 5.22. The van der Waals surface area contributed by atoms with Crippen LogP contribution in [0.25, 0.3) is 11.1 Å². The Kier molecular flexibility index (Phi) is 5.23. The molecule has 6 heteroatoms. The predicted octanol–water partition coefficient (Wildman–Crippen LogP) is 6.18. The number of rotatable bonds is 3. The Hall–Kier alpha value is -2.86. The van der Waals surface area contributed by atoms with Gasteiger partial charge in [0.05, 0.1) is 11.3 Å². The van der Waals surface area contributed by atoms with E-state index in [1.54, 1.807) is 0 Å². The van der Waals surface area contributed by atoms with E-state index >= 15 is 0 Å². The van der Waals surface area contributed by atoms with Crippen molar-refractivity contribution in [2.45, 2.75) is 6.18 Å². The van der Waals surface area contributed by atoms with Gasteiger partial charge in [-0.15, -0.1) is 0 Å². The van der Waals surface area contributed by atoms with Crippen LogP contribution < -0.4 is 10.6 Å². The fourth-order valence-corrected chi connectivity index (χ4v) is 2.80. The van der Waals surface area contributed by atoms with Crippen LogP contribution in [0.5, 0.6) is 0 Å². The van der Waals surface area contributed by atoms with Gasteiger partial charge in [0, 0.05) is 11.3 Å². The van der Waals surface area contributed by atoms with Crippen LogP contribution in [-0.4, -0.2) is 5.11 Å². The Morgan fingerprint density at radius 3 is 1.92 bits per heavy atom. The molecule has 0 bridgehead atoms. The van der Waals surface area contributed by atoms with E-state index in [0.29, 0.717) is 5.69 Å². The summed E-state index contributed by atoms with van der Waals surface area (Å²) in [6.45, 7) is 0. The molecule has 0 saturated carbocycles. The summed E-state index contributed by atoms with van der Waals surface area (Å²) in [5.41, 5.74) is 1.74. The van der Waals surface area contributed by atoms with Gasteiger partial charge in [-0.25, -0.2) is 0 Å². The Labute approximate surface area is 154 Å². The van der Waals surface area contributed by atoms with E-state index in [1.165, 1.54) is 18.2 Å². The van der Waals surface area contributed by atoms with Gasteiger partial charge in [0.15, 0.2) is 5.11 Å². The van der Waals surface area contributed by atoms with Crippen molar-refractivity contribution in [2.24, 2.45) is 0 Å². The first-order chi connectivity index (χ1) is 12.4. The van der Waals surface area contributed by atoms with Crippen molar-refractivity contribution in [1.29, 1.82) is 0 Å². The summed E-state index contributed by atoms with van der Waals surface area (Å²) < 4.78 is 39.3. The Bertz CT molecular complexity index is 908. The van der Waals surface area contributed by atoms with E-state index in [0.717, 1.165) is 17.2 Å². The van der Waals surface area contributed by atoms with Crippen LogP contribution in [0.3, 0.4) is 0 Å². The predicted molar refractivity (Wildman–Crippen MR) is 103 cm³/mol. The first kappa shape index (κ1) is 17.9. The van der Waals surface area contributed by atoms with Crippen LogP contribution in [0.15, 0.2) is 78.9 Å². The second-order valence-corrected chi connectivity index (χ2v) is 5.94. The van der Waals surface area contributed by atoms with E-state index in [9.17, 15) is 13.2 Å². The fraction of sp³-hybridized carbons (Fsp3) is 0.0500. The third kappa shape index (κ3) is 4.21. The summed E-state index contributed by atoms with van der Waals surface area (Å²) in [6.07, 6.45) is -4.46. The van der Waals surface area contributed by atoms with Crippen LogP contribution in [0, 0.1) is 0 Å². The SMILES string of the molecule is FC(F)(F)c1ccccc1NC(=S)Nc1ccccc1-c1ccccc1. The third-order valence-electron chi connectivity index (χ3n) is 3.74. The molecule has 0 aliphatic carbocycles. The van der Waals surface area contributed by atoms with Crippen molar-refractivity contribution >= 4 is 28.7 Å².